The molecule has 2 N–H and O–H groups in total. The second-order valence-corrected chi connectivity index (χ2v) is 15.6. The van der Waals surface area contributed by atoms with Crippen molar-refractivity contribution < 1.29 is 33.7 Å². The highest BCUT2D eigenvalue weighted by Crippen LogP contribution is 2.41. The van der Waals surface area contributed by atoms with Crippen LogP contribution in [0, 0.1) is 13.8 Å². The summed E-state index contributed by atoms with van der Waals surface area (Å²) in [6.45, 7) is 4.59. The zero-order valence-electron chi connectivity index (χ0n) is 32.7. The van der Waals surface area contributed by atoms with Crippen LogP contribution in [0.5, 0.6) is 17.2 Å². The highest BCUT2D eigenvalue weighted by molar-refractivity contribution is 6.42. The van der Waals surface area contributed by atoms with Gasteiger partial charge in [-0.3, -0.25) is 19.6 Å². The van der Waals surface area contributed by atoms with Crippen molar-refractivity contribution in [2.45, 2.75) is 58.0 Å². The molecule has 13 heteroatoms. The second kappa shape index (κ2) is 17.4. The van der Waals surface area contributed by atoms with Crippen LogP contribution in [0.3, 0.4) is 0 Å². The molecule has 4 aromatic carbocycles. The maximum atomic E-state index is 14.1. The van der Waals surface area contributed by atoms with Crippen LogP contribution < -0.4 is 19.5 Å². The number of carboxylic acids is 1. The van der Waals surface area contributed by atoms with Gasteiger partial charge in [0.25, 0.3) is 5.91 Å². The van der Waals surface area contributed by atoms with Gasteiger partial charge in [-0.15, -0.1) is 0 Å². The number of pyridine rings is 2. The third kappa shape index (κ3) is 8.78. The Labute approximate surface area is 356 Å². The molecule has 8 rings (SSSR count). The number of hydrogen-bond donors (Lipinski definition) is 2. The van der Waals surface area contributed by atoms with Gasteiger partial charge in [0, 0.05) is 37.5 Å². The SMILES string of the molecule is Cc1nccc(-c2ccc(C[C@H](NC(=O)[C@@H]3Cc4cc5c(cc4CN3C(=O)c3ccccn3)O[C@@H](c3ccc(OCc4ccc(Cl)c(Cl)c4)cc3)CO5)C(=O)O)cc2)c1C. The molecule has 11 nitrogen and oxygen atoms in total. The van der Waals surface area contributed by atoms with Crippen LogP contribution >= 0.6 is 23.2 Å². The summed E-state index contributed by atoms with van der Waals surface area (Å²) in [4.78, 5) is 50.8. The number of rotatable bonds is 11. The molecule has 0 saturated carbocycles. The number of nitrogens with zero attached hydrogens (tertiary/aromatic N) is 3. The van der Waals surface area contributed by atoms with Crippen molar-refractivity contribution in [2.24, 2.45) is 0 Å². The quantitative estimate of drug-likeness (QED) is 0.131. The molecule has 4 heterocycles. The number of aromatic nitrogens is 2. The molecule has 0 fully saturated rings. The summed E-state index contributed by atoms with van der Waals surface area (Å²) in [5.41, 5.74) is 8.24. The van der Waals surface area contributed by atoms with Crippen molar-refractivity contribution in [1.29, 1.82) is 0 Å². The molecule has 0 saturated heterocycles. The number of fused-ring (bicyclic) bond motifs is 2. The Morgan fingerprint density at radius 1 is 0.867 bits per heavy atom. The Kier molecular flexibility index (Phi) is 11.7. The molecule has 2 aliphatic rings. The predicted molar refractivity (Wildman–Crippen MR) is 227 cm³/mol. The Bertz CT molecular complexity index is 2570. The molecule has 2 amide bonds. The summed E-state index contributed by atoms with van der Waals surface area (Å²) in [5.74, 6) is -0.548. The first-order valence-corrected chi connectivity index (χ1v) is 20.1. The third-order valence-corrected chi connectivity index (χ3v) is 11.7. The van der Waals surface area contributed by atoms with Crippen molar-refractivity contribution in [3.8, 4) is 28.4 Å². The van der Waals surface area contributed by atoms with Gasteiger partial charge in [0.1, 0.15) is 36.7 Å². The van der Waals surface area contributed by atoms with Gasteiger partial charge in [0.2, 0.25) is 5.91 Å². The average Bonchev–Trinajstić information content (AvgIpc) is 3.26. The van der Waals surface area contributed by atoms with E-state index in [0.29, 0.717) is 33.9 Å². The minimum absolute atomic E-state index is 0.0432. The number of carbonyl (C=O) groups is 3. The lowest BCUT2D eigenvalue weighted by Crippen LogP contribution is -2.56. The Morgan fingerprint density at radius 2 is 1.63 bits per heavy atom. The van der Waals surface area contributed by atoms with Crippen LogP contribution in [0.15, 0.2) is 116 Å². The maximum Gasteiger partial charge on any atom is 0.326 e. The molecule has 2 aromatic heterocycles. The predicted octanol–water partition coefficient (Wildman–Crippen LogP) is 8.54. The van der Waals surface area contributed by atoms with E-state index in [-0.39, 0.29) is 31.7 Å². The number of benzene rings is 4. The molecule has 0 bridgehead atoms. The molecule has 0 aliphatic carbocycles. The summed E-state index contributed by atoms with van der Waals surface area (Å²) in [6.07, 6.45) is 3.02. The van der Waals surface area contributed by atoms with Gasteiger partial charge in [0.15, 0.2) is 17.6 Å². The summed E-state index contributed by atoms with van der Waals surface area (Å²) < 4.78 is 18.6. The number of hydrogen-bond acceptors (Lipinski definition) is 8. The average molecular weight is 844 g/mol. The Balaban J connectivity index is 0.981. The normalized spacial score (nSPS) is 16.0. The number of aryl methyl sites for hydroxylation is 1. The zero-order chi connectivity index (χ0) is 41.9. The number of aliphatic carboxylic acids is 1. The van der Waals surface area contributed by atoms with Gasteiger partial charge < -0.3 is 29.5 Å². The number of ether oxygens (including phenoxy) is 3. The van der Waals surface area contributed by atoms with Crippen LogP contribution in [0.2, 0.25) is 10.0 Å². The highest BCUT2D eigenvalue weighted by atomic mass is 35.5. The minimum Gasteiger partial charge on any atom is -0.489 e. The first-order valence-electron chi connectivity index (χ1n) is 19.4. The summed E-state index contributed by atoms with van der Waals surface area (Å²) in [5, 5.41) is 14.0. The van der Waals surface area contributed by atoms with Crippen LogP contribution in [0.25, 0.3) is 11.1 Å². The van der Waals surface area contributed by atoms with E-state index in [9.17, 15) is 19.5 Å². The van der Waals surface area contributed by atoms with E-state index in [2.05, 4.69) is 15.3 Å². The van der Waals surface area contributed by atoms with E-state index in [1.54, 1.807) is 36.5 Å². The fourth-order valence-electron chi connectivity index (χ4n) is 7.45. The van der Waals surface area contributed by atoms with Crippen molar-refractivity contribution in [1.82, 2.24) is 20.2 Å². The van der Waals surface area contributed by atoms with E-state index in [4.69, 9.17) is 37.4 Å². The smallest absolute Gasteiger partial charge is 0.326 e. The van der Waals surface area contributed by atoms with Crippen molar-refractivity contribution in [3.05, 3.63) is 170 Å². The lowest BCUT2D eigenvalue weighted by molar-refractivity contribution is -0.142. The van der Waals surface area contributed by atoms with E-state index < -0.39 is 36.0 Å². The number of carboxylic acid groups (broad SMARTS) is 1. The molecule has 0 unspecified atom stereocenters. The van der Waals surface area contributed by atoms with Gasteiger partial charge in [0.05, 0.1) is 10.0 Å². The fourth-order valence-corrected chi connectivity index (χ4v) is 7.77. The highest BCUT2D eigenvalue weighted by Gasteiger charge is 2.38. The zero-order valence-corrected chi connectivity index (χ0v) is 34.2. The van der Waals surface area contributed by atoms with Gasteiger partial charge >= 0.3 is 5.97 Å². The summed E-state index contributed by atoms with van der Waals surface area (Å²) >= 11 is 12.2. The second-order valence-electron chi connectivity index (χ2n) is 14.8. The van der Waals surface area contributed by atoms with Crippen LogP contribution in [0.1, 0.15) is 55.7 Å². The minimum atomic E-state index is -1.25. The Hall–Kier alpha value is -6.43. The molecule has 2 aliphatic heterocycles. The number of nitrogens with one attached hydrogen (secondary N) is 1. The van der Waals surface area contributed by atoms with Crippen molar-refractivity contribution >= 4 is 41.0 Å². The summed E-state index contributed by atoms with van der Waals surface area (Å²) in [7, 11) is 0. The van der Waals surface area contributed by atoms with Crippen LogP contribution in [0.4, 0.5) is 0 Å². The van der Waals surface area contributed by atoms with Gasteiger partial charge in [-0.1, -0.05) is 71.7 Å². The number of carbonyl (C=O) groups excluding carboxylic acids is 2. The van der Waals surface area contributed by atoms with Gasteiger partial charge in [-0.25, -0.2) is 4.79 Å². The molecule has 6 aromatic rings. The van der Waals surface area contributed by atoms with Gasteiger partial charge in [-0.05, 0) is 113 Å². The first-order chi connectivity index (χ1) is 29.0. The standard InChI is InChI=1S/C47H40Cl2N4O7/c1-27-28(2)50-18-16-36(27)31-9-6-29(7-10-31)20-40(47(56)57)52-45(54)41-21-33-22-42-43(23-34(33)24-53(41)46(55)39-5-3-4-17-51-39)60-44(26-59-42)32-11-13-35(14-12-32)58-25-30-8-15-37(48)38(49)19-30/h3-19,22-23,40-41,44H,20-21,24-26H2,1-2H3,(H,52,54)(H,56,57)/t40-,41-,44+/m0/s1. The maximum absolute atomic E-state index is 14.1. The molecular weight excluding hydrogens is 803 g/mol. The molecule has 0 spiro atoms. The van der Waals surface area contributed by atoms with E-state index >= 15 is 0 Å². The lowest BCUT2D eigenvalue weighted by atomic mass is 9.91. The largest absolute Gasteiger partial charge is 0.489 e. The van der Waals surface area contributed by atoms with Crippen molar-refractivity contribution in [2.75, 3.05) is 6.61 Å². The van der Waals surface area contributed by atoms with E-state index in [1.165, 1.54) is 11.1 Å². The van der Waals surface area contributed by atoms with Crippen LogP contribution in [-0.2, 0) is 35.6 Å². The van der Waals surface area contributed by atoms with Crippen molar-refractivity contribution in [3.63, 3.8) is 0 Å². The number of amides is 2. The third-order valence-electron chi connectivity index (χ3n) is 10.9. The van der Waals surface area contributed by atoms with E-state index in [0.717, 1.165) is 50.2 Å². The monoisotopic (exact) mass is 842 g/mol. The lowest BCUT2D eigenvalue weighted by Gasteiger charge is -2.37. The topological polar surface area (TPSA) is 140 Å². The molecule has 60 heavy (non-hydrogen) atoms. The van der Waals surface area contributed by atoms with E-state index in [1.807, 2.05) is 86.6 Å². The molecule has 0 radical (unpaired) electrons. The van der Waals surface area contributed by atoms with Crippen LogP contribution in [-0.4, -0.2) is 56.4 Å². The van der Waals surface area contributed by atoms with Gasteiger partial charge in [-0.2, -0.15) is 0 Å². The molecular formula is C47H40Cl2N4O7. The summed E-state index contributed by atoms with van der Waals surface area (Å²) in [6, 6.07) is 28.9. The Morgan fingerprint density at radius 3 is 2.37 bits per heavy atom. The first kappa shape index (κ1) is 40.4. The molecule has 304 valence electrons. The molecule has 3 atom stereocenters. The fraction of sp³-hybridized carbons (Fsp3) is 0.213. The number of halogens is 2.